The van der Waals surface area contributed by atoms with Gasteiger partial charge < -0.3 is 14.8 Å². The van der Waals surface area contributed by atoms with E-state index in [0.29, 0.717) is 10.3 Å². The highest BCUT2D eigenvalue weighted by Crippen LogP contribution is 2.24. The first-order valence-electron chi connectivity index (χ1n) is 7.58. The van der Waals surface area contributed by atoms with Crippen molar-refractivity contribution < 1.29 is 27.4 Å². The van der Waals surface area contributed by atoms with Crippen LogP contribution < -0.4 is 20.3 Å². The van der Waals surface area contributed by atoms with Crippen molar-refractivity contribution in [2.45, 2.75) is 12.7 Å². The van der Waals surface area contributed by atoms with E-state index in [2.05, 4.69) is 30.4 Å². The molecule has 3 rings (SSSR count). The van der Waals surface area contributed by atoms with Gasteiger partial charge in [-0.15, -0.1) is 20.4 Å². The van der Waals surface area contributed by atoms with Gasteiger partial charge in [0.1, 0.15) is 12.9 Å². The van der Waals surface area contributed by atoms with Gasteiger partial charge in [-0.05, 0) is 12.1 Å². The van der Waals surface area contributed by atoms with Crippen molar-refractivity contribution in [1.29, 1.82) is 0 Å². The summed E-state index contributed by atoms with van der Waals surface area (Å²) in [7, 11) is 1.13. The number of nitrogens with zero attached hydrogens (tertiary/aromatic N) is 6. The normalized spacial score (nSPS) is 11.4. The van der Waals surface area contributed by atoms with Crippen LogP contribution in [0.4, 0.5) is 19.0 Å². The number of hydrogen-bond acceptors (Lipinski definition) is 8. The minimum atomic E-state index is -4.60. The maximum absolute atomic E-state index is 12.3. The predicted octanol–water partition coefficient (Wildman–Crippen LogP) is 0.269. The number of amides is 1. The lowest BCUT2D eigenvalue weighted by atomic mass is 10.4. The topological polar surface area (TPSA) is 126 Å². The number of aromatic nitrogens is 6. The molecule has 0 radical (unpaired) electrons. The maximum Gasteiger partial charge on any atom is 0.422 e. The SMILES string of the molecule is COc1nn(CC(=O)Nc2ccc3nncn3n2)c(=O)cc1OCC(F)(F)F. The van der Waals surface area contributed by atoms with Crippen molar-refractivity contribution in [1.82, 2.24) is 29.6 Å². The molecule has 11 nitrogen and oxygen atoms in total. The van der Waals surface area contributed by atoms with Gasteiger partial charge in [0.05, 0.1) is 13.2 Å². The Hall–Kier alpha value is -3.71. The van der Waals surface area contributed by atoms with E-state index >= 15 is 0 Å². The van der Waals surface area contributed by atoms with E-state index < -0.39 is 36.5 Å². The summed E-state index contributed by atoms with van der Waals surface area (Å²) >= 11 is 0. The Morgan fingerprint density at radius 2 is 2.07 bits per heavy atom. The van der Waals surface area contributed by atoms with Gasteiger partial charge in [-0.1, -0.05) is 0 Å². The largest absolute Gasteiger partial charge is 0.478 e. The minimum Gasteiger partial charge on any atom is -0.478 e. The zero-order valence-electron chi connectivity index (χ0n) is 14.2. The predicted molar refractivity (Wildman–Crippen MR) is 86.0 cm³/mol. The third kappa shape index (κ3) is 4.52. The van der Waals surface area contributed by atoms with Crippen molar-refractivity contribution in [2.75, 3.05) is 19.0 Å². The second-order valence-electron chi connectivity index (χ2n) is 5.32. The molecule has 28 heavy (non-hydrogen) atoms. The third-order valence-corrected chi connectivity index (χ3v) is 3.24. The molecule has 3 heterocycles. The van der Waals surface area contributed by atoms with Crippen LogP contribution in [-0.4, -0.2) is 55.4 Å². The monoisotopic (exact) mass is 399 g/mol. The third-order valence-electron chi connectivity index (χ3n) is 3.24. The van der Waals surface area contributed by atoms with Gasteiger partial charge in [-0.2, -0.15) is 17.7 Å². The Labute approximate surface area is 153 Å². The summed E-state index contributed by atoms with van der Waals surface area (Å²) < 4.78 is 48.2. The lowest BCUT2D eigenvalue weighted by molar-refractivity contribution is -0.153. The molecular weight excluding hydrogens is 387 g/mol. The summed E-state index contributed by atoms with van der Waals surface area (Å²) in [4.78, 5) is 24.2. The number of hydrogen-bond donors (Lipinski definition) is 1. The minimum absolute atomic E-state index is 0.169. The van der Waals surface area contributed by atoms with Crippen LogP contribution in [0, 0.1) is 0 Å². The first kappa shape index (κ1) is 19.1. The summed E-state index contributed by atoms with van der Waals surface area (Å²) in [6.45, 7) is -2.15. The van der Waals surface area contributed by atoms with Crippen LogP contribution in [0.5, 0.6) is 11.6 Å². The molecule has 0 atom stereocenters. The zero-order chi connectivity index (χ0) is 20.3. The zero-order valence-corrected chi connectivity index (χ0v) is 14.2. The Balaban J connectivity index is 1.73. The van der Waals surface area contributed by atoms with E-state index in [9.17, 15) is 22.8 Å². The van der Waals surface area contributed by atoms with Gasteiger partial charge in [0.25, 0.3) is 11.4 Å². The fourth-order valence-electron chi connectivity index (χ4n) is 2.09. The molecule has 0 saturated heterocycles. The number of fused-ring (bicyclic) bond motifs is 1. The first-order chi connectivity index (χ1) is 13.2. The van der Waals surface area contributed by atoms with Crippen molar-refractivity contribution in [3.63, 3.8) is 0 Å². The molecule has 0 fully saturated rings. The molecule has 0 aromatic carbocycles. The van der Waals surface area contributed by atoms with Gasteiger partial charge in [0.2, 0.25) is 5.91 Å². The fraction of sp³-hybridized carbons (Fsp3) is 0.286. The number of carbonyl (C=O) groups is 1. The molecule has 0 bridgehead atoms. The average Bonchev–Trinajstić information content (AvgIpc) is 3.08. The van der Waals surface area contributed by atoms with Crippen molar-refractivity contribution in [3.05, 3.63) is 34.9 Å². The summed E-state index contributed by atoms with van der Waals surface area (Å²) in [6.07, 6.45) is -3.26. The molecule has 0 aliphatic heterocycles. The number of methoxy groups -OCH3 is 1. The molecule has 0 saturated carbocycles. The van der Waals surface area contributed by atoms with E-state index in [4.69, 9.17) is 4.74 Å². The summed E-state index contributed by atoms with van der Waals surface area (Å²) in [5.41, 5.74) is -0.384. The van der Waals surface area contributed by atoms with Gasteiger partial charge >= 0.3 is 6.18 Å². The molecule has 0 spiro atoms. The Kier molecular flexibility index (Phi) is 5.10. The highest BCUT2D eigenvalue weighted by Gasteiger charge is 2.29. The van der Waals surface area contributed by atoms with E-state index in [1.54, 1.807) is 6.07 Å². The van der Waals surface area contributed by atoms with Crippen LogP contribution in [0.1, 0.15) is 0 Å². The molecule has 0 aliphatic rings. The second-order valence-corrected chi connectivity index (χ2v) is 5.32. The number of rotatable bonds is 6. The Morgan fingerprint density at radius 1 is 1.29 bits per heavy atom. The molecular formula is C14H12F3N7O4. The Bertz CT molecular complexity index is 1060. The van der Waals surface area contributed by atoms with E-state index in [0.717, 1.165) is 13.2 Å². The number of halogens is 3. The number of anilines is 1. The lowest BCUT2D eigenvalue weighted by Gasteiger charge is -2.13. The second kappa shape index (κ2) is 7.50. The summed E-state index contributed by atoms with van der Waals surface area (Å²) in [5.74, 6) is -1.34. The van der Waals surface area contributed by atoms with Crippen LogP contribution in [-0.2, 0) is 11.3 Å². The standard InChI is InChI=1S/C14H12F3N7O4/c1-27-13-8(28-6-14(15,16)17)4-12(26)23(22-13)5-11(25)19-9-2-3-10-20-18-7-24(10)21-9/h2-4,7H,5-6H2,1H3,(H,19,21,25). The van der Waals surface area contributed by atoms with Crippen LogP contribution in [0.15, 0.2) is 29.3 Å². The molecule has 0 aliphatic carbocycles. The maximum atomic E-state index is 12.3. The van der Waals surface area contributed by atoms with Gasteiger partial charge in [0.15, 0.2) is 23.8 Å². The molecule has 148 valence electrons. The van der Waals surface area contributed by atoms with Crippen LogP contribution in [0.3, 0.4) is 0 Å². The lowest BCUT2D eigenvalue weighted by Crippen LogP contribution is -2.30. The van der Waals surface area contributed by atoms with Crippen LogP contribution in [0.2, 0.25) is 0 Å². The van der Waals surface area contributed by atoms with Crippen molar-refractivity contribution in [2.24, 2.45) is 0 Å². The van der Waals surface area contributed by atoms with E-state index in [1.165, 1.54) is 16.9 Å². The van der Waals surface area contributed by atoms with Crippen LogP contribution >= 0.6 is 0 Å². The molecule has 0 unspecified atom stereocenters. The highest BCUT2D eigenvalue weighted by molar-refractivity contribution is 5.89. The molecule has 3 aromatic rings. The summed E-state index contributed by atoms with van der Waals surface area (Å²) in [6, 6.07) is 3.80. The summed E-state index contributed by atoms with van der Waals surface area (Å²) in [5, 5.41) is 17.6. The number of nitrogens with one attached hydrogen (secondary N) is 1. The quantitative estimate of drug-likeness (QED) is 0.626. The Morgan fingerprint density at radius 3 is 2.79 bits per heavy atom. The smallest absolute Gasteiger partial charge is 0.422 e. The van der Waals surface area contributed by atoms with E-state index in [-0.39, 0.29) is 11.7 Å². The first-order valence-corrected chi connectivity index (χ1v) is 7.58. The molecule has 14 heteroatoms. The molecule has 1 N–H and O–H groups in total. The highest BCUT2D eigenvalue weighted by atomic mass is 19.4. The fourth-order valence-corrected chi connectivity index (χ4v) is 2.09. The number of ether oxygens (including phenoxy) is 2. The van der Waals surface area contributed by atoms with Crippen molar-refractivity contribution >= 4 is 17.4 Å². The van der Waals surface area contributed by atoms with E-state index in [1.807, 2.05) is 0 Å². The van der Waals surface area contributed by atoms with Gasteiger partial charge in [-0.25, -0.2) is 4.68 Å². The van der Waals surface area contributed by atoms with Gasteiger partial charge in [0, 0.05) is 0 Å². The number of alkyl halides is 3. The van der Waals surface area contributed by atoms with Gasteiger partial charge in [-0.3, -0.25) is 9.59 Å². The molecule has 3 aromatic heterocycles. The average molecular weight is 399 g/mol. The number of carbonyl (C=O) groups excluding carboxylic acids is 1. The van der Waals surface area contributed by atoms with Crippen LogP contribution in [0.25, 0.3) is 5.65 Å². The molecule has 1 amide bonds. The van der Waals surface area contributed by atoms with Crippen molar-refractivity contribution in [3.8, 4) is 11.6 Å².